The molecule has 0 aromatic heterocycles. The number of hydrogen-bond donors (Lipinski definition) is 0. The van der Waals surface area contributed by atoms with Crippen LogP contribution >= 0.6 is 0 Å². The minimum atomic E-state index is -4.38. The van der Waals surface area contributed by atoms with Crippen LogP contribution in [0.2, 0.25) is 0 Å². The highest BCUT2D eigenvalue weighted by Crippen LogP contribution is 2.26. The van der Waals surface area contributed by atoms with Gasteiger partial charge in [-0.15, -0.1) is 0 Å². The summed E-state index contributed by atoms with van der Waals surface area (Å²) in [6, 6.07) is 12.1. The fraction of sp³-hybridized carbons (Fsp3) is 0.133. The summed E-state index contributed by atoms with van der Waals surface area (Å²) in [7, 11) is -4.38. The van der Waals surface area contributed by atoms with Crippen molar-refractivity contribution in [2.75, 3.05) is 10.9 Å². The van der Waals surface area contributed by atoms with Crippen molar-refractivity contribution in [2.24, 2.45) is 0 Å². The Morgan fingerprint density at radius 2 is 1.83 bits per heavy atom. The van der Waals surface area contributed by atoms with Crippen LogP contribution in [0.25, 0.3) is 0 Å². The Morgan fingerprint density at radius 3 is 2.42 bits per heavy atom. The Hall–Kier alpha value is -2.94. The second-order valence-corrected chi connectivity index (χ2v) is 6.35. The smallest absolute Gasteiger partial charge is 0.428 e. The molecule has 0 aliphatic carbocycles. The molecular weight excluding hydrogens is 336 g/mol. The topological polar surface area (TPSA) is 107 Å². The molecular formula is C15H14N2O6S. The van der Waals surface area contributed by atoms with E-state index in [4.69, 9.17) is 4.74 Å². The molecule has 0 saturated heterocycles. The van der Waals surface area contributed by atoms with Gasteiger partial charge in [0.15, 0.2) is 0 Å². The van der Waals surface area contributed by atoms with E-state index in [-0.39, 0.29) is 17.2 Å². The van der Waals surface area contributed by atoms with Crippen LogP contribution in [0.5, 0.6) is 0 Å². The molecule has 2 aromatic carbocycles. The van der Waals surface area contributed by atoms with Gasteiger partial charge in [-0.3, -0.25) is 10.1 Å². The summed E-state index contributed by atoms with van der Waals surface area (Å²) in [4.78, 5) is 21.9. The van der Waals surface area contributed by atoms with Gasteiger partial charge in [-0.1, -0.05) is 24.3 Å². The van der Waals surface area contributed by atoms with E-state index in [1.54, 1.807) is 25.1 Å². The highest BCUT2D eigenvalue weighted by molar-refractivity contribution is 7.93. The van der Waals surface area contributed by atoms with Crippen LogP contribution in [0.3, 0.4) is 0 Å². The molecule has 8 nitrogen and oxygen atoms in total. The van der Waals surface area contributed by atoms with Gasteiger partial charge < -0.3 is 4.74 Å². The molecule has 9 heteroatoms. The molecule has 126 valence electrons. The number of hydrogen-bond acceptors (Lipinski definition) is 6. The van der Waals surface area contributed by atoms with Gasteiger partial charge in [0, 0.05) is 12.1 Å². The van der Waals surface area contributed by atoms with Crippen LogP contribution < -0.4 is 4.31 Å². The predicted molar refractivity (Wildman–Crippen MR) is 86.2 cm³/mol. The highest BCUT2D eigenvalue weighted by Gasteiger charge is 2.33. The second kappa shape index (κ2) is 7.09. The number of nitro groups is 1. The van der Waals surface area contributed by atoms with Crippen molar-refractivity contribution in [1.82, 2.24) is 0 Å². The highest BCUT2D eigenvalue weighted by atomic mass is 32.2. The Bertz CT molecular complexity index is 851. The zero-order chi connectivity index (χ0) is 17.7. The molecule has 2 aromatic rings. The quantitative estimate of drug-likeness (QED) is 0.606. The van der Waals surface area contributed by atoms with Crippen molar-refractivity contribution in [3.8, 4) is 0 Å². The summed E-state index contributed by atoms with van der Waals surface area (Å²) in [5.74, 6) is 0. The fourth-order valence-electron chi connectivity index (χ4n) is 1.95. The van der Waals surface area contributed by atoms with Gasteiger partial charge in [0.1, 0.15) is 0 Å². The molecule has 24 heavy (non-hydrogen) atoms. The molecule has 0 saturated carbocycles. The van der Waals surface area contributed by atoms with E-state index in [2.05, 4.69) is 0 Å². The molecule has 0 aliphatic heterocycles. The minimum Gasteiger partial charge on any atom is -0.449 e. The summed E-state index contributed by atoms with van der Waals surface area (Å²) in [6.45, 7) is 1.52. The lowest BCUT2D eigenvalue weighted by atomic mass is 10.3. The van der Waals surface area contributed by atoms with Gasteiger partial charge >= 0.3 is 6.09 Å². The van der Waals surface area contributed by atoms with Crippen LogP contribution in [0.15, 0.2) is 59.5 Å². The first-order valence-corrected chi connectivity index (χ1v) is 8.33. The van der Waals surface area contributed by atoms with E-state index in [1.165, 1.54) is 24.3 Å². The molecule has 0 unspecified atom stereocenters. The average Bonchev–Trinajstić information content (AvgIpc) is 2.56. The summed E-state index contributed by atoms with van der Waals surface area (Å²) < 4.78 is 31.0. The lowest BCUT2D eigenvalue weighted by molar-refractivity contribution is -0.385. The first-order valence-electron chi connectivity index (χ1n) is 6.89. The van der Waals surface area contributed by atoms with Gasteiger partial charge in [0.2, 0.25) is 0 Å². The molecule has 0 spiro atoms. The van der Waals surface area contributed by atoms with Gasteiger partial charge in [-0.2, -0.15) is 4.31 Å². The molecule has 0 heterocycles. The summed E-state index contributed by atoms with van der Waals surface area (Å²) in [5.41, 5.74) is -0.324. The number of carbonyl (C=O) groups is 1. The van der Waals surface area contributed by atoms with Crippen LogP contribution in [0.1, 0.15) is 6.92 Å². The third-order valence-corrected chi connectivity index (χ3v) is 4.68. The number of para-hydroxylation sites is 1. The Kier molecular flexibility index (Phi) is 5.14. The van der Waals surface area contributed by atoms with Crippen molar-refractivity contribution < 1.29 is 22.9 Å². The zero-order valence-electron chi connectivity index (χ0n) is 12.7. The molecule has 0 atom stereocenters. The van der Waals surface area contributed by atoms with Crippen LogP contribution in [-0.2, 0) is 14.8 Å². The van der Waals surface area contributed by atoms with Crippen molar-refractivity contribution >= 4 is 27.5 Å². The summed E-state index contributed by atoms with van der Waals surface area (Å²) in [5, 5.41) is 10.9. The van der Waals surface area contributed by atoms with E-state index in [0.29, 0.717) is 4.31 Å². The van der Waals surface area contributed by atoms with Gasteiger partial charge in [-0.05, 0) is 25.1 Å². The number of ether oxygens (including phenoxy) is 1. The average molecular weight is 350 g/mol. The molecule has 0 fully saturated rings. The largest absolute Gasteiger partial charge is 0.449 e. The number of nitro benzene ring substituents is 1. The van der Waals surface area contributed by atoms with E-state index in [0.717, 1.165) is 12.1 Å². The number of non-ortho nitro benzene ring substituents is 1. The summed E-state index contributed by atoms with van der Waals surface area (Å²) >= 11 is 0. The van der Waals surface area contributed by atoms with Crippen molar-refractivity contribution in [2.45, 2.75) is 11.8 Å². The number of amides is 1. The summed E-state index contributed by atoms with van der Waals surface area (Å²) in [6.07, 6.45) is -1.09. The van der Waals surface area contributed by atoms with Gasteiger partial charge in [0.25, 0.3) is 15.7 Å². The Morgan fingerprint density at radius 1 is 1.17 bits per heavy atom. The number of sulfonamides is 1. The molecule has 1 amide bonds. The normalized spacial score (nSPS) is 10.9. The lowest BCUT2D eigenvalue weighted by Crippen LogP contribution is -2.37. The molecule has 2 rings (SSSR count). The Balaban J connectivity index is 2.58. The lowest BCUT2D eigenvalue weighted by Gasteiger charge is -2.21. The maximum absolute atomic E-state index is 12.8. The number of rotatable bonds is 5. The minimum absolute atomic E-state index is 0.0212. The number of nitrogens with zero attached hydrogens (tertiary/aromatic N) is 2. The van der Waals surface area contributed by atoms with Gasteiger partial charge in [-0.25, -0.2) is 13.2 Å². The van der Waals surface area contributed by atoms with E-state index < -0.39 is 26.7 Å². The van der Waals surface area contributed by atoms with Crippen molar-refractivity contribution in [1.29, 1.82) is 0 Å². The molecule has 0 aliphatic rings. The van der Waals surface area contributed by atoms with Crippen LogP contribution in [0.4, 0.5) is 16.2 Å². The predicted octanol–water partition coefficient (Wildman–Crippen LogP) is 2.95. The fourth-order valence-corrected chi connectivity index (χ4v) is 3.33. The van der Waals surface area contributed by atoms with Crippen molar-refractivity contribution in [3.63, 3.8) is 0 Å². The standard InChI is InChI=1S/C15H14N2O6S/c1-2-23-15(18)16(12-7-4-3-5-8-12)24(21,22)14-10-6-9-13(11-14)17(19)20/h3-11H,2H2,1H3. The maximum Gasteiger partial charge on any atom is 0.428 e. The number of benzene rings is 2. The molecule has 0 N–H and O–H groups in total. The number of anilines is 1. The monoisotopic (exact) mass is 350 g/mol. The van der Waals surface area contributed by atoms with Crippen LogP contribution in [-0.4, -0.2) is 26.0 Å². The second-order valence-electron chi connectivity index (χ2n) is 4.56. The van der Waals surface area contributed by atoms with E-state index in [9.17, 15) is 23.3 Å². The maximum atomic E-state index is 12.8. The zero-order valence-corrected chi connectivity index (χ0v) is 13.5. The Labute approximate surface area is 138 Å². The van der Waals surface area contributed by atoms with E-state index in [1.807, 2.05) is 0 Å². The first kappa shape index (κ1) is 17.4. The first-order chi connectivity index (χ1) is 11.4. The SMILES string of the molecule is CCOC(=O)N(c1ccccc1)S(=O)(=O)c1cccc([N+](=O)[O-])c1. The molecule has 0 bridgehead atoms. The molecule has 0 radical (unpaired) electrons. The third-order valence-electron chi connectivity index (χ3n) is 2.99. The third kappa shape index (κ3) is 3.51. The van der Waals surface area contributed by atoms with E-state index >= 15 is 0 Å². The van der Waals surface area contributed by atoms with Crippen molar-refractivity contribution in [3.05, 3.63) is 64.7 Å². The van der Waals surface area contributed by atoms with Gasteiger partial charge in [0.05, 0.1) is 22.1 Å². The van der Waals surface area contributed by atoms with Crippen LogP contribution in [0, 0.1) is 10.1 Å². The number of carbonyl (C=O) groups excluding carboxylic acids is 1.